The second-order valence-electron chi connectivity index (χ2n) is 7.26. The molecule has 0 atom stereocenters. The lowest BCUT2D eigenvalue weighted by atomic mass is 10.1. The van der Waals surface area contributed by atoms with Crippen molar-refractivity contribution >= 4 is 50.8 Å². The molecule has 0 bridgehead atoms. The Balaban J connectivity index is 1.94. The first kappa shape index (κ1) is 26.8. The average molecular weight is 536 g/mol. The zero-order chi connectivity index (χ0) is 24.2. The normalized spacial score (nSPS) is 10.4. The quantitative estimate of drug-likeness (QED) is 0.316. The minimum absolute atomic E-state index is 0.0151. The molecule has 0 spiro atoms. The smallest absolute Gasteiger partial charge is 0.257 e. The molecular formula is C24H30BrN3O4S. The van der Waals surface area contributed by atoms with Crippen LogP contribution in [0.2, 0.25) is 0 Å². The van der Waals surface area contributed by atoms with Gasteiger partial charge in [0.05, 0.1) is 11.1 Å². The third kappa shape index (κ3) is 8.42. The Morgan fingerprint density at radius 2 is 1.64 bits per heavy atom. The average Bonchev–Trinajstić information content (AvgIpc) is 2.80. The van der Waals surface area contributed by atoms with E-state index in [1.54, 1.807) is 49.6 Å². The summed E-state index contributed by atoms with van der Waals surface area (Å²) in [6.07, 6.45) is 1.83. The van der Waals surface area contributed by atoms with Crippen LogP contribution in [0, 0.1) is 0 Å². The van der Waals surface area contributed by atoms with Crippen molar-refractivity contribution in [3.63, 3.8) is 0 Å². The zero-order valence-electron chi connectivity index (χ0n) is 19.2. The second kappa shape index (κ2) is 13.9. The third-order valence-corrected chi connectivity index (χ3v) is 5.45. The van der Waals surface area contributed by atoms with Gasteiger partial charge >= 0.3 is 0 Å². The number of ether oxygens (including phenoxy) is 2. The van der Waals surface area contributed by atoms with E-state index in [4.69, 9.17) is 21.7 Å². The molecule has 2 amide bonds. The Hall–Kier alpha value is -2.49. The van der Waals surface area contributed by atoms with Gasteiger partial charge in [-0.1, -0.05) is 13.8 Å². The first-order valence-electron chi connectivity index (χ1n) is 10.8. The molecule has 33 heavy (non-hydrogen) atoms. The molecule has 7 nitrogen and oxygen atoms in total. The molecule has 0 saturated carbocycles. The summed E-state index contributed by atoms with van der Waals surface area (Å²) in [5.41, 5.74) is 1.73. The van der Waals surface area contributed by atoms with Crippen LogP contribution in [-0.4, -0.2) is 55.2 Å². The summed E-state index contributed by atoms with van der Waals surface area (Å²) in [5.74, 6) is 0.287. The van der Waals surface area contributed by atoms with E-state index in [1.165, 1.54) is 0 Å². The molecule has 9 heteroatoms. The fourth-order valence-corrected chi connectivity index (χ4v) is 3.77. The molecule has 2 aromatic rings. The van der Waals surface area contributed by atoms with Gasteiger partial charge in [-0.2, -0.15) is 0 Å². The molecule has 0 aliphatic rings. The van der Waals surface area contributed by atoms with Gasteiger partial charge in [-0.3, -0.25) is 14.9 Å². The van der Waals surface area contributed by atoms with Gasteiger partial charge in [0.2, 0.25) is 0 Å². The zero-order valence-corrected chi connectivity index (χ0v) is 21.6. The molecule has 0 aliphatic heterocycles. The van der Waals surface area contributed by atoms with Crippen LogP contribution < -0.4 is 15.4 Å². The Labute approximate surface area is 209 Å². The topological polar surface area (TPSA) is 79.9 Å². The maximum absolute atomic E-state index is 12.7. The molecular weight excluding hydrogens is 506 g/mol. The highest BCUT2D eigenvalue weighted by molar-refractivity contribution is 9.10. The van der Waals surface area contributed by atoms with Gasteiger partial charge in [0.25, 0.3) is 11.8 Å². The van der Waals surface area contributed by atoms with Crippen LogP contribution in [0.4, 0.5) is 5.69 Å². The fourth-order valence-electron chi connectivity index (χ4n) is 3.07. The Bertz CT molecular complexity index is 947. The summed E-state index contributed by atoms with van der Waals surface area (Å²) in [4.78, 5) is 27.1. The molecule has 0 unspecified atom stereocenters. The van der Waals surface area contributed by atoms with E-state index in [1.807, 2.05) is 4.90 Å². The summed E-state index contributed by atoms with van der Waals surface area (Å²) in [6.45, 7) is 6.47. The standard InChI is InChI=1S/C24H30BrN3O4S/c1-4-12-28(13-5-2)23(30)17-6-9-19(10-7-17)26-24(33)27-22(29)18-8-11-21(20(25)16-18)32-15-14-31-3/h6-11,16H,4-5,12-15H2,1-3H3,(H2,26,27,29,33). The maximum atomic E-state index is 12.7. The van der Waals surface area contributed by atoms with Crippen molar-refractivity contribution in [3.05, 3.63) is 58.1 Å². The first-order chi connectivity index (χ1) is 15.9. The number of hydrogen-bond donors (Lipinski definition) is 2. The number of hydrogen-bond acceptors (Lipinski definition) is 5. The summed E-state index contributed by atoms with van der Waals surface area (Å²) in [7, 11) is 1.60. The van der Waals surface area contributed by atoms with Crippen LogP contribution in [-0.2, 0) is 4.74 Å². The molecule has 0 radical (unpaired) electrons. The van der Waals surface area contributed by atoms with Gasteiger partial charge in [-0.25, -0.2) is 0 Å². The van der Waals surface area contributed by atoms with E-state index in [0.717, 1.165) is 25.9 Å². The fraction of sp³-hybridized carbons (Fsp3) is 0.375. The van der Waals surface area contributed by atoms with Crippen LogP contribution >= 0.6 is 28.1 Å². The van der Waals surface area contributed by atoms with Crippen LogP contribution in [0.25, 0.3) is 0 Å². The Morgan fingerprint density at radius 1 is 1.00 bits per heavy atom. The van der Waals surface area contributed by atoms with E-state index in [-0.39, 0.29) is 16.9 Å². The first-order valence-corrected chi connectivity index (χ1v) is 12.0. The van der Waals surface area contributed by atoms with E-state index >= 15 is 0 Å². The summed E-state index contributed by atoms with van der Waals surface area (Å²) < 4.78 is 11.2. The number of nitrogens with one attached hydrogen (secondary N) is 2. The lowest BCUT2D eigenvalue weighted by Crippen LogP contribution is -2.34. The summed E-state index contributed by atoms with van der Waals surface area (Å²) >= 11 is 8.68. The van der Waals surface area contributed by atoms with Crippen molar-refractivity contribution in [3.8, 4) is 5.75 Å². The highest BCUT2D eigenvalue weighted by Gasteiger charge is 2.15. The Morgan fingerprint density at radius 3 is 2.21 bits per heavy atom. The molecule has 2 rings (SSSR count). The SMILES string of the molecule is CCCN(CCC)C(=O)c1ccc(NC(=S)NC(=O)c2ccc(OCCOC)c(Br)c2)cc1. The molecule has 2 aromatic carbocycles. The van der Waals surface area contributed by atoms with Crippen LogP contribution in [0.1, 0.15) is 47.4 Å². The van der Waals surface area contributed by atoms with Crippen molar-refractivity contribution in [2.45, 2.75) is 26.7 Å². The van der Waals surface area contributed by atoms with Crippen molar-refractivity contribution in [1.29, 1.82) is 0 Å². The number of thiocarbonyl (C=S) groups is 1. The van der Waals surface area contributed by atoms with Crippen LogP contribution in [0.15, 0.2) is 46.9 Å². The monoisotopic (exact) mass is 535 g/mol. The van der Waals surface area contributed by atoms with Gasteiger partial charge in [0.15, 0.2) is 5.11 Å². The molecule has 0 fully saturated rings. The molecule has 2 N–H and O–H groups in total. The minimum atomic E-state index is -0.349. The number of carbonyl (C=O) groups excluding carboxylic acids is 2. The minimum Gasteiger partial charge on any atom is -0.490 e. The molecule has 0 heterocycles. The summed E-state index contributed by atoms with van der Waals surface area (Å²) in [6, 6.07) is 12.1. The highest BCUT2D eigenvalue weighted by atomic mass is 79.9. The van der Waals surface area contributed by atoms with E-state index in [0.29, 0.717) is 40.3 Å². The number of amides is 2. The van der Waals surface area contributed by atoms with Crippen molar-refractivity contribution < 1.29 is 19.1 Å². The highest BCUT2D eigenvalue weighted by Crippen LogP contribution is 2.26. The summed E-state index contributed by atoms with van der Waals surface area (Å²) in [5, 5.41) is 5.79. The van der Waals surface area contributed by atoms with Gasteiger partial charge in [-0.15, -0.1) is 0 Å². The van der Waals surface area contributed by atoms with Crippen molar-refractivity contribution in [2.75, 3.05) is 38.7 Å². The predicted octanol–water partition coefficient (Wildman–Crippen LogP) is 4.86. The van der Waals surface area contributed by atoms with Gasteiger partial charge in [-0.05, 0) is 83.5 Å². The number of anilines is 1. The van der Waals surface area contributed by atoms with Gasteiger partial charge < -0.3 is 19.7 Å². The number of carbonyl (C=O) groups is 2. The van der Waals surface area contributed by atoms with Crippen LogP contribution in [0.3, 0.4) is 0 Å². The van der Waals surface area contributed by atoms with Crippen molar-refractivity contribution in [2.24, 2.45) is 0 Å². The molecule has 0 aliphatic carbocycles. The Kier molecular flexibility index (Phi) is 11.3. The van der Waals surface area contributed by atoms with E-state index in [9.17, 15) is 9.59 Å². The van der Waals surface area contributed by atoms with Crippen LogP contribution in [0.5, 0.6) is 5.75 Å². The predicted molar refractivity (Wildman–Crippen MR) is 138 cm³/mol. The third-order valence-electron chi connectivity index (χ3n) is 4.63. The number of methoxy groups -OCH3 is 1. The van der Waals surface area contributed by atoms with E-state index in [2.05, 4.69) is 40.4 Å². The van der Waals surface area contributed by atoms with Gasteiger partial charge in [0.1, 0.15) is 12.4 Å². The van der Waals surface area contributed by atoms with Crippen molar-refractivity contribution in [1.82, 2.24) is 10.2 Å². The number of nitrogens with zero attached hydrogens (tertiary/aromatic N) is 1. The number of rotatable bonds is 11. The number of benzene rings is 2. The lowest BCUT2D eigenvalue weighted by Gasteiger charge is -2.21. The van der Waals surface area contributed by atoms with Gasteiger partial charge in [0, 0.05) is 37.0 Å². The largest absolute Gasteiger partial charge is 0.490 e. The molecule has 0 saturated heterocycles. The number of halogens is 1. The molecule has 0 aromatic heterocycles. The maximum Gasteiger partial charge on any atom is 0.257 e. The van der Waals surface area contributed by atoms with E-state index < -0.39 is 0 Å². The second-order valence-corrected chi connectivity index (χ2v) is 8.53. The molecule has 178 valence electrons. The lowest BCUT2D eigenvalue weighted by molar-refractivity contribution is 0.0755.